The summed E-state index contributed by atoms with van der Waals surface area (Å²) in [6, 6.07) is 9.57. The normalized spacial score (nSPS) is 10.3. The molecule has 2 aromatic rings. The maximum Gasteiger partial charge on any atom is 0.224 e. The Hall–Kier alpha value is -2.69. The number of carbonyl (C=O) groups excluding carboxylic acids is 1. The number of nitrogens with one attached hydrogen (secondary N) is 1. The minimum Gasteiger partial charge on any atom is -0.496 e. The predicted octanol–water partition coefficient (Wildman–Crippen LogP) is 3.19. The molecule has 0 unspecified atom stereocenters. The molecule has 25 heavy (non-hydrogen) atoms. The Labute approximate surface area is 148 Å². The molecule has 1 amide bonds. The molecular weight excluding hydrogens is 318 g/mol. The summed E-state index contributed by atoms with van der Waals surface area (Å²) >= 11 is 0. The fourth-order valence-electron chi connectivity index (χ4n) is 2.90. The number of aryl methyl sites for hydroxylation is 2. The van der Waals surface area contributed by atoms with Gasteiger partial charge in [0.25, 0.3) is 0 Å². The van der Waals surface area contributed by atoms with Gasteiger partial charge in [0, 0.05) is 12.1 Å². The summed E-state index contributed by atoms with van der Waals surface area (Å²) in [5.41, 5.74) is 4.04. The van der Waals surface area contributed by atoms with E-state index in [2.05, 4.69) is 11.4 Å². The van der Waals surface area contributed by atoms with Crippen LogP contribution in [0.5, 0.6) is 17.2 Å². The quantitative estimate of drug-likeness (QED) is 0.839. The highest BCUT2D eigenvalue weighted by atomic mass is 16.5. The second-order valence-electron chi connectivity index (χ2n) is 5.92. The van der Waals surface area contributed by atoms with Crippen LogP contribution in [0, 0.1) is 13.8 Å². The third-order valence-corrected chi connectivity index (χ3v) is 3.99. The first-order valence-electron chi connectivity index (χ1n) is 8.10. The van der Waals surface area contributed by atoms with E-state index in [0.717, 1.165) is 28.0 Å². The zero-order valence-electron chi connectivity index (χ0n) is 15.4. The van der Waals surface area contributed by atoms with Crippen LogP contribution in [0.4, 0.5) is 0 Å². The molecule has 0 fully saturated rings. The van der Waals surface area contributed by atoms with Gasteiger partial charge in [-0.05, 0) is 37.1 Å². The molecule has 5 heteroatoms. The SMILES string of the molecule is COc1ccc(CC(=O)NCc2cc(C)cc(C)c2OC)cc1OC. The van der Waals surface area contributed by atoms with Crippen LogP contribution in [0.3, 0.4) is 0 Å². The van der Waals surface area contributed by atoms with E-state index in [9.17, 15) is 4.79 Å². The third kappa shape index (κ3) is 4.66. The van der Waals surface area contributed by atoms with Crippen LogP contribution in [0.15, 0.2) is 30.3 Å². The molecule has 0 bridgehead atoms. The topological polar surface area (TPSA) is 56.8 Å². The molecule has 0 atom stereocenters. The fourth-order valence-corrected chi connectivity index (χ4v) is 2.90. The lowest BCUT2D eigenvalue weighted by atomic mass is 10.1. The Morgan fingerprint density at radius 2 is 1.68 bits per heavy atom. The number of benzene rings is 2. The summed E-state index contributed by atoms with van der Waals surface area (Å²) in [7, 11) is 4.81. The van der Waals surface area contributed by atoms with Crippen molar-refractivity contribution in [3.8, 4) is 17.2 Å². The Morgan fingerprint density at radius 1 is 0.960 bits per heavy atom. The largest absolute Gasteiger partial charge is 0.496 e. The van der Waals surface area contributed by atoms with E-state index in [0.29, 0.717) is 18.0 Å². The van der Waals surface area contributed by atoms with Crippen molar-refractivity contribution in [1.29, 1.82) is 0 Å². The van der Waals surface area contributed by atoms with Crippen LogP contribution in [0.25, 0.3) is 0 Å². The van der Waals surface area contributed by atoms with Crippen LogP contribution in [0.2, 0.25) is 0 Å². The van der Waals surface area contributed by atoms with E-state index in [1.54, 1.807) is 27.4 Å². The van der Waals surface area contributed by atoms with Gasteiger partial charge >= 0.3 is 0 Å². The van der Waals surface area contributed by atoms with Crippen LogP contribution < -0.4 is 19.5 Å². The van der Waals surface area contributed by atoms with Crippen LogP contribution in [0.1, 0.15) is 22.3 Å². The number of carbonyl (C=O) groups is 1. The van der Waals surface area contributed by atoms with Crippen molar-refractivity contribution in [2.45, 2.75) is 26.8 Å². The predicted molar refractivity (Wildman–Crippen MR) is 97.6 cm³/mol. The molecule has 5 nitrogen and oxygen atoms in total. The molecule has 0 aliphatic rings. The minimum absolute atomic E-state index is 0.0616. The highest BCUT2D eigenvalue weighted by molar-refractivity contribution is 5.78. The van der Waals surface area contributed by atoms with Gasteiger partial charge in [-0.1, -0.05) is 23.8 Å². The van der Waals surface area contributed by atoms with Crippen molar-refractivity contribution in [1.82, 2.24) is 5.32 Å². The zero-order chi connectivity index (χ0) is 18.4. The lowest BCUT2D eigenvalue weighted by Gasteiger charge is -2.14. The highest BCUT2D eigenvalue weighted by Crippen LogP contribution is 2.28. The molecule has 0 saturated carbocycles. The average Bonchev–Trinajstić information content (AvgIpc) is 2.59. The Kier molecular flexibility index (Phi) is 6.28. The number of amides is 1. The van der Waals surface area contributed by atoms with E-state index in [1.807, 2.05) is 32.0 Å². The van der Waals surface area contributed by atoms with Crippen LogP contribution in [-0.2, 0) is 17.8 Å². The first-order valence-corrected chi connectivity index (χ1v) is 8.10. The van der Waals surface area contributed by atoms with Crippen molar-refractivity contribution < 1.29 is 19.0 Å². The van der Waals surface area contributed by atoms with Gasteiger partial charge in [0.15, 0.2) is 11.5 Å². The number of ether oxygens (including phenoxy) is 3. The van der Waals surface area contributed by atoms with Gasteiger partial charge in [-0.25, -0.2) is 0 Å². The maximum absolute atomic E-state index is 12.3. The second-order valence-corrected chi connectivity index (χ2v) is 5.92. The van der Waals surface area contributed by atoms with E-state index in [1.165, 1.54) is 0 Å². The van der Waals surface area contributed by atoms with Gasteiger partial charge in [0.1, 0.15) is 5.75 Å². The molecule has 0 heterocycles. The first-order chi connectivity index (χ1) is 12.0. The monoisotopic (exact) mass is 343 g/mol. The van der Waals surface area contributed by atoms with E-state index in [-0.39, 0.29) is 12.3 Å². The van der Waals surface area contributed by atoms with Crippen molar-refractivity contribution in [3.05, 3.63) is 52.6 Å². The van der Waals surface area contributed by atoms with Gasteiger partial charge in [0.05, 0.1) is 27.8 Å². The molecule has 2 aromatic carbocycles. The average molecular weight is 343 g/mol. The zero-order valence-corrected chi connectivity index (χ0v) is 15.4. The smallest absolute Gasteiger partial charge is 0.224 e. The van der Waals surface area contributed by atoms with Crippen molar-refractivity contribution in [2.75, 3.05) is 21.3 Å². The molecule has 134 valence electrons. The van der Waals surface area contributed by atoms with Crippen LogP contribution >= 0.6 is 0 Å². The molecular formula is C20H25NO4. The van der Waals surface area contributed by atoms with Gasteiger partial charge in [-0.15, -0.1) is 0 Å². The number of hydrogen-bond donors (Lipinski definition) is 1. The number of rotatable bonds is 7. The Morgan fingerprint density at radius 3 is 2.32 bits per heavy atom. The highest BCUT2D eigenvalue weighted by Gasteiger charge is 2.11. The van der Waals surface area contributed by atoms with E-state index in [4.69, 9.17) is 14.2 Å². The number of hydrogen-bond acceptors (Lipinski definition) is 4. The minimum atomic E-state index is -0.0616. The molecule has 0 radical (unpaired) electrons. The summed E-state index contributed by atoms with van der Waals surface area (Å²) < 4.78 is 15.9. The number of methoxy groups -OCH3 is 3. The maximum atomic E-state index is 12.3. The molecule has 1 N–H and O–H groups in total. The lowest BCUT2D eigenvalue weighted by Crippen LogP contribution is -2.25. The molecule has 0 aliphatic heterocycles. The Bertz CT molecular complexity index is 756. The second kappa shape index (κ2) is 8.42. The molecule has 0 spiro atoms. The van der Waals surface area contributed by atoms with E-state index < -0.39 is 0 Å². The van der Waals surface area contributed by atoms with Gasteiger partial charge in [-0.3, -0.25) is 4.79 Å². The van der Waals surface area contributed by atoms with Crippen molar-refractivity contribution in [3.63, 3.8) is 0 Å². The van der Waals surface area contributed by atoms with Crippen LogP contribution in [-0.4, -0.2) is 27.2 Å². The molecule has 0 aliphatic carbocycles. The molecule has 0 aromatic heterocycles. The molecule has 2 rings (SSSR count). The van der Waals surface area contributed by atoms with Crippen molar-refractivity contribution in [2.24, 2.45) is 0 Å². The summed E-state index contributed by atoms with van der Waals surface area (Å²) in [4.78, 5) is 12.3. The van der Waals surface area contributed by atoms with E-state index >= 15 is 0 Å². The lowest BCUT2D eigenvalue weighted by molar-refractivity contribution is -0.120. The summed E-state index contributed by atoms with van der Waals surface area (Å²) in [6.07, 6.45) is 0.271. The fraction of sp³-hybridized carbons (Fsp3) is 0.350. The third-order valence-electron chi connectivity index (χ3n) is 3.99. The Balaban J connectivity index is 2.04. The summed E-state index contributed by atoms with van der Waals surface area (Å²) in [5, 5.41) is 2.95. The van der Waals surface area contributed by atoms with Gasteiger partial charge in [-0.2, -0.15) is 0 Å². The standard InChI is InChI=1S/C20H25NO4/c1-13-8-14(2)20(25-5)16(9-13)12-21-19(22)11-15-6-7-17(23-3)18(10-15)24-4/h6-10H,11-12H2,1-5H3,(H,21,22). The van der Waals surface area contributed by atoms with Gasteiger partial charge < -0.3 is 19.5 Å². The van der Waals surface area contributed by atoms with Crippen molar-refractivity contribution >= 4 is 5.91 Å². The first kappa shape index (κ1) is 18.6. The van der Waals surface area contributed by atoms with Gasteiger partial charge in [0.2, 0.25) is 5.91 Å². The summed E-state index contributed by atoms with van der Waals surface area (Å²) in [6.45, 7) is 4.46. The molecule has 0 saturated heterocycles. The summed E-state index contributed by atoms with van der Waals surface area (Å²) in [5.74, 6) is 2.01.